The third kappa shape index (κ3) is 7.29. The van der Waals surface area contributed by atoms with E-state index in [4.69, 9.17) is 38.0 Å². The van der Waals surface area contributed by atoms with Crippen molar-refractivity contribution in [3.8, 4) is 17.2 Å². The van der Waals surface area contributed by atoms with Gasteiger partial charge >= 0.3 is 0 Å². The number of hydrogen-bond donors (Lipinski definition) is 3. The van der Waals surface area contributed by atoms with Gasteiger partial charge in [-0.1, -0.05) is 23.7 Å². The van der Waals surface area contributed by atoms with Gasteiger partial charge in [-0.2, -0.15) is 0 Å². The first-order valence-electron chi connectivity index (χ1n) is 8.01. The quantitative estimate of drug-likeness (QED) is 0.461. The number of para-hydroxylation sites is 2. The number of carbonyl (C=O) groups is 2. The molecule has 0 saturated heterocycles. The van der Waals surface area contributed by atoms with Gasteiger partial charge < -0.3 is 14.2 Å². The van der Waals surface area contributed by atoms with E-state index in [1.807, 2.05) is 0 Å². The van der Waals surface area contributed by atoms with Crippen molar-refractivity contribution in [2.45, 2.75) is 0 Å². The second-order valence-corrected chi connectivity index (χ2v) is 6.08. The third-order valence-corrected chi connectivity index (χ3v) is 3.64. The van der Waals surface area contributed by atoms with Crippen LogP contribution in [0.2, 0.25) is 5.02 Å². The molecule has 2 amide bonds. The fourth-order valence-electron chi connectivity index (χ4n) is 1.92. The van der Waals surface area contributed by atoms with Crippen molar-refractivity contribution < 1.29 is 23.8 Å². The van der Waals surface area contributed by atoms with E-state index in [2.05, 4.69) is 16.2 Å². The summed E-state index contributed by atoms with van der Waals surface area (Å²) in [6, 6.07) is 13.5. The Bertz CT molecular complexity index is 832. The summed E-state index contributed by atoms with van der Waals surface area (Å²) in [6.07, 6.45) is 0. The largest absolute Gasteiger partial charge is 0.493 e. The van der Waals surface area contributed by atoms with E-state index in [0.717, 1.165) is 0 Å². The van der Waals surface area contributed by atoms with E-state index < -0.39 is 11.8 Å². The van der Waals surface area contributed by atoms with E-state index in [9.17, 15) is 9.59 Å². The van der Waals surface area contributed by atoms with Crippen LogP contribution in [0.5, 0.6) is 17.2 Å². The molecular formula is C18H18ClN3O5S. The van der Waals surface area contributed by atoms with Crippen molar-refractivity contribution in [2.75, 3.05) is 20.3 Å². The summed E-state index contributed by atoms with van der Waals surface area (Å²) in [5, 5.41) is 2.84. The molecule has 0 aliphatic heterocycles. The standard InChI is InChI=1S/C18H18ClN3O5S/c1-25-14-4-2-3-5-15(14)27-11-17(24)21-22-18(28)20-16(23)10-26-13-8-6-12(19)7-9-13/h2-9H,10-11H2,1H3,(H,21,24)(H2,20,22,23,28). The Kier molecular flexibility index (Phi) is 8.32. The van der Waals surface area contributed by atoms with Crippen LogP contribution in [-0.4, -0.2) is 37.3 Å². The normalized spacial score (nSPS) is 9.79. The molecule has 2 aromatic rings. The number of hydrazine groups is 1. The maximum atomic E-state index is 11.8. The number of rotatable bonds is 7. The highest BCUT2D eigenvalue weighted by Gasteiger charge is 2.09. The van der Waals surface area contributed by atoms with Gasteiger partial charge in [0.05, 0.1) is 7.11 Å². The average molecular weight is 424 g/mol. The van der Waals surface area contributed by atoms with Crippen LogP contribution in [0.1, 0.15) is 0 Å². The predicted octanol–water partition coefficient (Wildman–Crippen LogP) is 1.83. The minimum Gasteiger partial charge on any atom is -0.493 e. The Labute approximate surface area is 172 Å². The molecule has 3 N–H and O–H groups in total. The molecule has 2 aromatic carbocycles. The Hall–Kier alpha value is -3.04. The number of halogens is 1. The Morgan fingerprint density at radius 2 is 1.57 bits per heavy atom. The highest BCUT2D eigenvalue weighted by molar-refractivity contribution is 7.80. The first-order valence-corrected chi connectivity index (χ1v) is 8.79. The van der Waals surface area contributed by atoms with E-state index in [-0.39, 0.29) is 18.3 Å². The molecule has 0 aromatic heterocycles. The minimum absolute atomic E-state index is 0.0876. The summed E-state index contributed by atoms with van der Waals surface area (Å²) in [7, 11) is 1.50. The summed E-state index contributed by atoms with van der Waals surface area (Å²) >= 11 is 10.7. The molecule has 8 nitrogen and oxygen atoms in total. The number of hydrogen-bond acceptors (Lipinski definition) is 6. The Morgan fingerprint density at radius 1 is 0.929 bits per heavy atom. The second-order valence-electron chi connectivity index (χ2n) is 5.23. The van der Waals surface area contributed by atoms with Gasteiger partial charge in [0.1, 0.15) is 5.75 Å². The molecule has 2 rings (SSSR count). The topological polar surface area (TPSA) is 97.9 Å². The molecule has 10 heteroatoms. The van der Waals surface area contributed by atoms with Crippen LogP contribution < -0.4 is 30.4 Å². The highest BCUT2D eigenvalue weighted by atomic mass is 35.5. The third-order valence-electron chi connectivity index (χ3n) is 3.18. The molecule has 0 aliphatic rings. The summed E-state index contributed by atoms with van der Waals surface area (Å²) in [4.78, 5) is 23.6. The molecule has 0 aliphatic carbocycles. The average Bonchev–Trinajstić information content (AvgIpc) is 2.70. The number of amides is 2. The number of thiocarbonyl (C=S) groups is 1. The maximum absolute atomic E-state index is 11.8. The van der Waals surface area contributed by atoms with Crippen LogP contribution in [0.3, 0.4) is 0 Å². The van der Waals surface area contributed by atoms with Crippen LogP contribution in [0.15, 0.2) is 48.5 Å². The molecule has 148 valence electrons. The van der Waals surface area contributed by atoms with Gasteiger partial charge in [0.25, 0.3) is 11.8 Å². The summed E-state index contributed by atoms with van der Waals surface area (Å²) < 4.78 is 15.8. The molecule has 28 heavy (non-hydrogen) atoms. The number of ether oxygens (including phenoxy) is 3. The number of nitrogens with one attached hydrogen (secondary N) is 3. The van der Waals surface area contributed by atoms with Gasteiger partial charge in [0, 0.05) is 5.02 Å². The van der Waals surface area contributed by atoms with Crippen molar-refractivity contribution in [2.24, 2.45) is 0 Å². The van der Waals surface area contributed by atoms with Crippen molar-refractivity contribution in [1.29, 1.82) is 0 Å². The van der Waals surface area contributed by atoms with Gasteiger partial charge in [-0.25, -0.2) is 0 Å². The zero-order chi connectivity index (χ0) is 20.4. The van der Waals surface area contributed by atoms with Crippen LogP contribution in [0.4, 0.5) is 0 Å². The van der Waals surface area contributed by atoms with Gasteiger partial charge in [0.15, 0.2) is 29.8 Å². The van der Waals surface area contributed by atoms with Crippen LogP contribution in [-0.2, 0) is 9.59 Å². The fourth-order valence-corrected chi connectivity index (χ4v) is 2.21. The van der Waals surface area contributed by atoms with Crippen LogP contribution in [0, 0.1) is 0 Å². The molecule has 0 atom stereocenters. The lowest BCUT2D eigenvalue weighted by Crippen LogP contribution is -2.50. The van der Waals surface area contributed by atoms with Gasteiger partial charge in [-0.3, -0.25) is 25.8 Å². The number of benzene rings is 2. The lowest BCUT2D eigenvalue weighted by Gasteiger charge is -2.13. The number of carbonyl (C=O) groups excluding carboxylic acids is 2. The smallest absolute Gasteiger partial charge is 0.276 e. The van der Waals surface area contributed by atoms with Crippen molar-refractivity contribution in [1.82, 2.24) is 16.2 Å². The lowest BCUT2D eigenvalue weighted by molar-refractivity contribution is -0.124. The van der Waals surface area contributed by atoms with E-state index >= 15 is 0 Å². The minimum atomic E-state index is -0.500. The van der Waals surface area contributed by atoms with Gasteiger partial charge in [0.2, 0.25) is 0 Å². The highest BCUT2D eigenvalue weighted by Crippen LogP contribution is 2.25. The summed E-state index contributed by atoms with van der Waals surface area (Å²) in [5.74, 6) is 0.425. The first-order chi connectivity index (χ1) is 13.5. The van der Waals surface area contributed by atoms with E-state index in [1.165, 1.54) is 7.11 Å². The monoisotopic (exact) mass is 423 g/mol. The molecule has 0 fully saturated rings. The lowest BCUT2D eigenvalue weighted by atomic mass is 10.3. The molecule has 0 radical (unpaired) electrons. The second kappa shape index (κ2) is 11.0. The molecule has 0 bridgehead atoms. The van der Waals surface area contributed by atoms with Crippen LogP contribution >= 0.6 is 23.8 Å². The van der Waals surface area contributed by atoms with Crippen molar-refractivity contribution in [3.05, 3.63) is 53.6 Å². The molecule has 0 spiro atoms. The Morgan fingerprint density at radius 3 is 2.25 bits per heavy atom. The zero-order valence-corrected chi connectivity index (χ0v) is 16.4. The predicted molar refractivity (Wildman–Crippen MR) is 107 cm³/mol. The SMILES string of the molecule is COc1ccccc1OCC(=O)NNC(=S)NC(=O)COc1ccc(Cl)cc1. The molecule has 0 saturated carbocycles. The van der Waals surface area contributed by atoms with Crippen LogP contribution in [0.25, 0.3) is 0 Å². The van der Waals surface area contributed by atoms with E-state index in [1.54, 1.807) is 48.5 Å². The van der Waals surface area contributed by atoms with Gasteiger partial charge in [-0.05, 0) is 48.6 Å². The fraction of sp³-hybridized carbons (Fsp3) is 0.167. The van der Waals surface area contributed by atoms with E-state index in [0.29, 0.717) is 22.3 Å². The Balaban J connectivity index is 1.66. The zero-order valence-electron chi connectivity index (χ0n) is 14.9. The van der Waals surface area contributed by atoms with Gasteiger partial charge in [-0.15, -0.1) is 0 Å². The summed E-state index contributed by atoms with van der Waals surface area (Å²) in [5.41, 5.74) is 4.71. The molecular weight excluding hydrogens is 406 g/mol. The van der Waals surface area contributed by atoms with Crippen molar-refractivity contribution in [3.63, 3.8) is 0 Å². The molecule has 0 heterocycles. The first kappa shape index (κ1) is 21.3. The molecule has 0 unspecified atom stereocenters. The number of methoxy groups -OCH3 is 1. The van der Waals surface area contributed by atoms with Crippen molar-refractivity contribution >= 4 is 40.7 Å². The maximum Gasteiger partial charge on any atom is 0.276 e. The summed E-state index contributed by atoms with van der Waals surface area (Å²) in [6.45, 7) is -0.530.